The number of carboxylic acid groups (broad SMARTS) is 1. The second-order valence-electron chi connectivity index (χ2n) is 4.71. The molecular weight excluding hydrogens is 246 g/mol. The Hall–Kier alpha value is -1.88. The number of ether oxygens (including phenoxy) is 1. The van der Waals surface area contributed by atoms with E-state index in [9.17, 15) is 9.59 Å². The van der Waals surface area contributed by atoms with E-state index in [1.165, 1.54) is 12.1 Å². The molecule has 1 fully saturated rings. The molecule has 1 atom stereocenters. The summed E-state index contributed by atoms with van der Waals surface area (Å²) in [4.78, 5) is 24.6. The van der Waals surface area contributed by atoms with Crippen molar-refractivity contribution in [2.45, 2.75) is 18.9 Å². The largest absolute Gasteiger partial charge is 0.478 e. The normalized spacial score (nSPS) is 18.3. The summed E-state index contributed by atoms with van der Waals surface area (Å²) in [6.07, 6.45) is 2.09. The summed E-state index contributed by atoms with van der Waals surface area (Å²) in [5.74, 6) is -1.21. The number of amides is 1. The van der Waals surface area contributed by atoms with Gasteiger partial charge >= 0.3 is 5.97 Å². The monoisotopic (exact) mass is 263 g/mol. The fourth-order valence-corrected chi connectivity index (χ4v) is 2.18. The lowest BCUT2D eigenvalue weighted by atomic mass is 10.1. The van der Waals surface area contributed by atoms with E-state index < -0.39 is 5.97 Å². The van der Waals surface area contributed by atoms with Gasteiger partial charge in [-0.1, -0.05) is 6.07 Å². The minimum Gasteiger partial charge on any atom is -0.478 e. The van der Waals surface area contributed by atoms with Crippen molar-refractivity contribution < 1.29 is 19.4 Å². The Morgan fingerprint density at radius 1 is 1.42 bits per heavy atom. The van der Waals surface area contributed by atoms with E-state index in [1.807, 2.05) is 0 Å². The number of carbonyl (C=O) groups excluding carboxylic acids is 1. The molecule has 0 spiro atoms. The molecule has 1 amide bonds. The van der Waals surface area contributed by atoms with Gasteiger partial charge in [-0.05, 0) is 31.0 Å². The van der Waals surface area contributed by atoms with Crippen LogP contribution in [0.15, 0.2) is 24.3 Å². The molecule has 5 heteroatoms. The molecule has 1 heterocycles. The molecule has 102 valence electrons. The number of carbonyl (C=O) groups is 2. The van der Waals surface area contributed by atoms with Gasteiger partial charge in [0.2, 0.25) is 0 Å². The molecular formula is C14H17NO4. The molecule has 1 aromatic rings. The number of aromatic carboxylic acids is 1. The molecule has 5 nitrogen and oxygen atoms in total. The van der Waals surface area contributed by atoms with Crippen LogP contribution in [0, 0.1) is 0 Å². The van der Waals surface area contributed by atoms with Crippen molar-refractivity contribution in [2.75, 3.05) is 20.2 Å². The Morgan fingerprint density at radius 2 is 2.16 bits per heavy atom. The summed E-state index contributed by atoms with van der Waals surface area (Å²) in [5, 5.41) is 8.91. The summed E-state index contributed by atoms with van der Waals surface area (Å²) < 4.78 is 5.48. The van der Waals surface area contributed by atoms with Gasteiger partial charge in [0, 0.05) is 25.8 Å². The molecule has 1 aliphatic heterocycles. The molecule has 1 aromatic carbocycles. The first-order valence-electron chi connectivity index (χ1n) is 6.28. The zero-order chi connectivity index (χ0) is 13.8. The van der Waals surface area contributed by atoms with Gasteiger partial charge in [0.1, 0.15) is 0 Å². The average Bonchev–Trinajstić information content (AvgIpc) is 2.90. The maximum Gasteiger partial charge on any atom is 0.335 e. The van der Waals surface area contributed by atoms with E-state index in [0.717, 1.165) is 19.4 Å². The van der Waals surface area contributed by atoms with Crippen molar-refractivity contribution in [3.8, 4) is 0 Å². The lowest BCUT2D eigenvalue weighted by Gasteiger charge is -2.21. The van der Waals surface area contributed by atoms with Crippen molar-refractivity contribution in [3.63, 3.8) is 0 Å². The van der Waals surface area contributed by atoms with Crippen LogP contribution in [0.4, 0.5) is 0 Å². The third-order valence-corrected chi connectivity index (χ3v) is 3.20. The van der Waals surface area contributed by atoms with Crippen molar-refractivity contribution >= 4 is 11.9 Å². The summed E-state index contributed by atoms with van der Waals surface area (Å²) in [6, 6.07) is 6.08. The first-order valence-corrected chi connectivity index (χ1v) is 6.28. The summed E-state index contributed by atoms with van der Waals surface area (Å²) in [6.45, 7) is 1.29. The number of nitrogens with zero attached hydrogens (tertiary/aromatic N) is 1. The third-order valence-electron chi connectivity index (χ3n) is 3.20. The standard InChI is InChI=1S/C14H17NO4/c1-15(9-12-6-3-7-19-12)13(16)10-4-2-5-11(8-10)14(17)18/h2,4-5,8,12H,3,6-7,9H2,1H3,(H,17,18)/t12-/m1/s1. The van der Waals surface area contributed by atoms with Crippen LogP contribution in [0.3, 0.4) is 0 Å². The lowest BCUT2D eigenvalue weighted by molar-refractivity contribution is 0.0587. The maximum atomic E-state index is 12.2. The quantitative estimate of drug-likeness (QED) is 0.896. The van der Waals surface area contributed by atoms with Gasteiger partial charge in [-0.25, -0.2) is 4.79 Å². The van der Waals surface area contributed by atoms with Crippen molar-refractivity contribution in [1.82, 2.24) is 4.90 Å². The summed E-state index contributed by atoms with van der Waals surface area (Å²) in [5.41, 5.74) is 0.511. The van der Waals surface area contributed by atoms with Crippen molar-refractivity contribution in [2.24, 2.45) is 0 Å². The number of hydrogen-bond donors (Lipinski definition) is 1. The van der Waals surface area contributed by atoms with Crippen LogP contribution < -0.4 is 0 Å². The maximum absolute atomic E-state index is 12.2. The molecule has 0 radical (unpaired) electrons. The molecule has 1 aliphatic rings. The highest BCUT2D eigenvalue weighted by atomic mass is 16.5. The number of carboxylic acids is 1. The predicted octanol–water partition coefficient (Wildman–Crippen LogP) is 1.64. The van der Waals surface area contributed by atoms with Crippen molar-refractivity contribution in [3.05, 3.63) is 35.4 Å². The van der Waals surface area contributed by atoms with Gasteiger partial charge < -0.3 is 14.7 Å². The van der Waals surface area contributed by atoms with E-state index >= 15 is 0 Å². The molecule has 1 N–H and O–H groups in total. The molecule has 2 rings (SSSR count). The van der Waals surface area contributed by atoms with Crippen molar-refractivity contribution in [1.29, 1.82) is 0 Å². The Labute approximate surface area is 111 Å². The van der Waals surface area contributed by atoms with Crippen LogP contribution in [-0.4, -0.2) is 48.2 Å². The molecule has 0 aliphatic carbocycles. The zero-order valence-corrected chi connectivity index (χ0v) is 10.8. The Bertz CT molecular complexity index is 480. The Balaban J connectivity index is 2.05. The number of hydrogen-bond acceptors (Lipinski definition) is 3. The summed E-state index contributed by atoms with van der Waals surface area (Å²) >= 11 is 0. The van der Waals surface area contributed by atoms with Gasteiger partial charge in [0.25, 0.3) is 5.91 Å². The Morgan fingerprint density at radius 3 is 2.79 bits per heavy atom. The average molecular weight is 263 g/mol. The molecule has 0 bridgehead atoms. The van der Waals surface area contributed by atoms with Crippen LogP contribution in [0.1, 0.15) is 33.6 Å². The molecule has 0 aromatic heterocycles. The van der Waals surface area contributed by atoms with Gasteiger partial charge in [-0.2, -0.15) is 0 Å². The minimum absolute atomic E-state index is 0.0941. The van der Waals surface area contributed by atoms with Crippen LogP contribution >= 0.6 is 0 Å². The first-order chi connectivity index (χ1) is 9.08. The van der Waals surface area contributed by atoms with Gasteiger partial charge in [-0.15, -0.1) is 0 Å². The van der Waals surface area contributed by atoms with E-state index in [0.29, 0.717) is 12.1 Å². The smallest absolute Gasteiger partial charge is 0.335 e. The van der Waals surface area contributed by atoms with Gasteiger partial charge in [0.05, 0.1) is 11.7 Å². The highest BCUT2D eigenvalue weighted by molar-refractivity contribution is 5.97. The van der Waals surface area contributed by atoms with Crippen LogP contribution in [-0.2, 0) is 4.74 Å². The number of rotatable bonds is 4. The molecule has 0 saturated carbocycles. The fourth-order valence-electron chi connectivity index (χ4n) is 2.18. The second-order valence-corrected chi connectivity index (χ2v) is 4.71. The van der Waals surface area contributed by atoms with Crippen LogP contribution in [0.2, 0.25) is 0 Å². The van der Waals surface area contributed by atoms with Crippen LogP contribution in [0.5, 0.6) is 0 Å². The minimum atomic E-state index is -1.03. The van der Waals surface area contributed by atoms with Gasteiger partial charge in [-0.3, -0.25) is 4.79 Å². The third kappa shape index (κ3) is 3.32. The fraction of sp³-hybridized carbons (Fsp3) is 0.429. The molecule has 0 unspecified atom stereocenters. The van der Waals surface area contributed by atoms with Gasteiger partial charge in [0.15, 0.2) is 0 Å². The van der Waals surface area contributed by atoms with E-state index in [1.54, 1.807) is 24.1 Å². The molecule has 19 heavy (non-hydrogen) atoms. The highest BCUT2D eigenvalue weighted by Gasteiger charge is 2.21. The van der Waals surface area contributed by atoms with Crippen LogP contribution in [0.25, 0.3) is 0 Å². The Kier molecular flexibility index (Phi) is 4.16. The molecule has 1 saturated heterocycles. The number of benzene rings is 1. The summed E-state index contributed by atoms with van der Waals surface area (Å²) in [7, 11) is 1.71. The first kappa shape index (κ1) is 13.5. The lowest BCUT2D eigenvalue weighted by Crippen LogP contribution is -2.34. The second kappa shape index (κ2) is 5.84. The zero-order valence-electron chi connectivity index (χ0n) is 10.8. The van der Waals surface area contributed by atoms with E-state index in [4.69, 9.17) is 9.84 Å². The number of likely N-dealkylation sites (N-methyl/N-ethyl adjacent to an activating group) is 1. The van der Waals surface area contributed by atoms with E-state index in [-0.39, 0.29) is 17.6 Å². The highest BCUT2D eigenvalue weighted by Crippen LogP contribution is 2.14. The predicted molar refractivity (Wildman–Crippen MR) is 69.3 cm³/mol. The SMILES string of the molecule is CN(C[C@H]1CCCO1)C(=O)c1cccc(C(=O)O)c1. The topological polar surface area (TPSA) is 66.8 Å². The van der Waals surface area contributed by atoms with E-state index in [2.05, 4.69) is 0 Å².